The molecule has 4 heteroatoms. The molecule has 0 atom stereocenters. The van der Waals surface area contributed by atoms with Gasteiger partial charge in [-0.05, 0) is 28.1 Å². The van der Waals surface area contributed by atoms with Gasteiger partial charge in [-0.3, -0.25) is 4.99 Å². The molecule has 1 aliphatic rings. The van der Waals surface area contributed by atoms with E-state index in [0.717, 1.165) is 0 Å². The van der Waals surface area contributed by atoms with Gasteiger partial charge in [0.05, 0.1) is 15.7 Å². The molecule has 0 aromatic heterocycles. The molecule has 0 N–H and O–H groups in total. The van der Waals surface area contributed by atoms with Crippen LogP contribution < -0.4 is 5.41 Å². The molecule has 1 aliphatic heterocycles. The van der Waals surface area contributed by atoms with Gasteiger partial charge in [0.15, 0.2) is 0 Å². The number of allylic oxidation sites excluding steroid dienone is 1. The van der Waals surface area contributed by atoms with Gasteiger partial charge in [0, 0.05) is 17.6 Å². The van der Waals surface area contributed by atoms with Gasteiger partial charge in [-0.1, -0.05) is 5.41 Å². The third kappa shape index (κ3) is 1.24. The van der Waals surface area contributed by atoms with Crippen LogP contribution in [0.15, 0.2) is 21.6 Å². The molecule has 1 aromatic rings. The third-order valence-corrected chi connectivity index (χ3v) is 2.39. The Morgan fingerprint density at radius 2 is 2.23 bits per heavy atom. The maximum absolute atomic E-state index is 13.1. The van der Waals surface area contributed by atoms with Gasteiger partial charge in [-0.15, -0.1) is 0 Å². The highest BCUT2D eigenvalue weighted by Crippen LogP contribution is 2.33. The Balaban J connectivity index is 2.72. The summed E-state index contributed by atoms with van der Waals surface area (Å²) in [5, 5.41) is 8.66. The van der Waals surface area contributed by atoms with Crippen LogP contribution in [0.25, 0.3) is 5.57 Å². The minimum atomic E-state index is -0.378. The molecule has 13 heavy (non-hydrogen) atoms. The predicted octanol–water partition coefficient (Wildman–Crippen LogP) is 2.16. The number of hydrogen-bond acceptors (Lipinski definition) is 1. The van der Waals surface area contributed by atoms with E-state index in [2.05, 4.69) is 20.9 Å². The van der Waals surface area contributed by atoms with Gasteiger partial charge < -0.3 is 0 Å². The van der Waals surface area contributed by atoms with Gasteiger partial charge in [0.2, 0.25) is 0 Å². The molecule has 63 valence electrons. The molecule has 1 radical (unpaired) electrons. The number of rotatable bonds is 0. The SMILES string of the molecule is [N]=C=C1C=Nc2cc(Br)c(F)cc21. The van der Waals surface area contributed by atoms with Crippen LogP contribution in [0.5, 0.6) is 0 Å². The summed E-state index contributed by atoms with van der Waals surface area (Å²) in [6.07, 6.45) is 1.44. The van der Waals surface area contributed by atoms with Crippen LogP contribution in [0.1, 0.15) is 5.56 Å². The zero-order valence-corrected chi connectivity index (χ0v) is 7.97. The fourth-order valence-corrected chi connectivity index (χ4v) is 1.48. The van der Waals surface area contributed by atoms with Crippen LogP contribution in [0.4, 0.5) is 10.1 Å². The molecule has 1 aromatic carbocycles. The first kappa shape index (κ1) is 8.35. The van der Waals surface area contributed by atoms with E-state index >= 15 is 0 Å². The summed E-state index contributed by atoms with van der Waals surface area (Å²) in [7, 11) is 0. The Hall–Kier alpha value is -1.25. The van der Waals surface area contributed by atoms with Gasteiger partial charge in [0.25, 0.3) is 0 Å². The summed E-state index contributed by atoms with van der Waals surface area (Å²) in [5.74, 6) is 1.57. The second-order valence-electron chi connectivity index (χ2n) is 2.57. The van der Waals surface area contributed by atoms with Crippen LogP contribution in [0.2, 0.25) is 0 Å². The molecule has 0 unspecified atom stereocenters. The first-order valence-corrected chi connectivity index (χ1v) is 4.32. The number of hydrogen-bond donors (Lipinski definition) is 0. The summed E-state index contributed by atoms with van der Waals surface area (Å²) in [5.41, 5.74) is 1.59. The monoisotopic (exact) mass is 237 g/mol. The first-order chi connectivity index (χ1) is 6.22. The molecular formula is C9H3BrFN2. The number of fused-ring (bicyclic) bond motifs is 1. The lowest BCUT2D eigenvalue weighted by atomic mass is 10.1. The zero-order chi connectivity index (χ0) is 9.42. The highest BCUT2D eigenvalue weighted by molar-refractivity contribution is 9.10. The molecule has 0 bridgehead atoms. The van der Waals surface area contributed by atoms with E-state index in [1.165, 1.54) is 12.3 Å². The Morgan fingerprint density at radius 3 is 2.92 bits per heavy atom. The van der Waals surface area contributed by atoms with E-state index in [1.807, 2.05) is 5.87 Å². The van der Waals surface area contributed by atoms with Crippen molar-refractivity contribution < 1.29 is 4.39 Å². The van der Waals surface area contributed by atoms with Gasteiger partial charge in [0.1, 0.15) is 5.82 Å². The van der Waals surface area contributed by atoms with Crippen molar-refractivity contribution in [1.29, 1.82) is 0 Å². The van der Waals surface area contributed by atoms with Crippen LogP contribution in [0, 0.1) is 5.82 Å². The highest BCUT2D eigenvalue weighted by atomic mass is 79.9. The molecule has 0 saturated heterocycles. The summed E-state index contributed by atoms with van der Waals surface area (Å²) in [4.78, 5) is 3.97. The van der Waals surface area contributed by atoms with Crippen molar-refractivity contribution in [1.82, 2.24) is 5.41 Å². The normalized spacial score (nSPS) is 12.9. The van der Waals surface area contributed by atoms with Gasteiger partial charge >= 0.3 is 0 Å². The Bertz CT molecular complexity index is 459. The smallest absolute Gasteiger partial charge is 0.138 e. The highest BCUT2D eigenvalue weighted by Gasteiger charge is 2.15. The fourth-order valence-electron chi connectivity index (χ4n) is 1.15. The van der Waals surface area contributed by atoms with Crippen LogP contribution in [0.3, 0.4) is 0 Å². The Kier molecular flexibility index (Phi) is 1.87. The molecule has 0 fully saturated rings. The molecule has 1 heterocycles. The minimum Gasteiger partial charge on any atom is -0.255 e. The summed E-state index contributed by atoms with van der Waals surface area (Å²) >= 11 is 3.05. The Morgan fingerprint density at radius 1 is 1.46 bits per heavy atom. The average molecular weight is 238 g/mol. The van der Waals surface area contributed by atoms with E-state index in [1.54, 1.807) is 6.07 Å². The van der Waals surface area contributed by atoms with Crippen molar-refractivity contribution in [2.45, 2.75) is 0 Å². The lowest BCUT2D eigenvalue weighted by Gasteiger charge is -1.99. The van der Waals surface area contributed by atoms with Crippen molar-refractivity contribution in [3.05, 3.63) is 28.0 Å². The van der Waals surface area contributed by atoms with Gasteiger partial charge in [-0.2, -0.15) is 0 Å². The van der Waals surface area contributed by atoms with E-state index in [-0.39, 0.29) is 5.82 Å². The molecule has 2 rings (SSSR count). The standard InChI is InChI=1S/C9H3BrFN2/c10-7-2-9-6(1-8(7)11)5(3-12)4-13-9/h1-2,4H. The van der Waals surface area contributed by atoms with Crippen molar-refractivity contribution in [2.24, 2.45) is 4.99 Å². The molecule has 0 amide bonds. The quantitative estimate of drug-likeness (QED) is 0.621. The summed E-state index contributed by atoms with van der Waals surface area (Å²) in [6.45, 7) is 0. The first-order valence-electron chi connectivity index (χ1n) is 3.53. The average Bonchev–Trinajstić information content (AvgIpc) is 2.48. The fraction of sp³-hybridized carbons (Fsp3) is 0. The largest absolute Gasteiger partial charge is 0.255 e. The van der Waals surface area contributed by atoms with Crippen LogP contribution >= 0.6 is 15.9 Å². The van der Waals surface area contributed by atoms with E-state index in [0.29, 0.717) is 21.3 Å². The second-order valence-corrected chi connectivity index (χ2v) is 3.42. The maximum atomic E-state index is 13.1. The number of aliphatic imine (C=N–C) groups is 1. The van der Waals surface area contributed by atoms with Crippen molar-refractivity contribution >= 4 is 39.3 Å². The molecule has 2 nitrogen and oxygen atoms in total. The number of halogens is 2. The van der Waals surface area contributed by atoms with Crippen LogP contribution in [-0.4, -0.2) is 12.1 Å². The predicted molar refractivity (Wildman–Crippen MR) is 52.8 cm³/mol. The topological polar surface area (TPSA) is 34.7 Å². The van der Waals surface area contributed by atoms with E-state index in [9.17, 15) is 4.39 Å². The molecule has 0 saturated carbocycles. The zero-order valence-electron chi connectivity index (χ0n) is 6.38. The van der Waals surface area contributed by atoms with Crippen molar-refractivity contribution in [2.75, 3.05) is 0 Å². The van der Waals surface area contributed by atoms with E-state index in [4.69, 9.17) is 5.41 Å². The lowest BCUT2D eigenvalue weighted by Crippen LogP contribution is -1.84. The second kappa shape index (κ2) is 2.91. The van der Waals surface area contributed by atoms with Gasteiger partial charge in [-0.25, -0.2) is 4.39 Å². The number of nitrogens with zero attached hydrogens (tertiary/aromatic N) is 2. The molecule has 0 aliphatic carbocycles. The number of benzene rings is 1. The minimum absolute atomic E-state index is 0.364. The third-order valence-electron chi connectivity index (χ3n) is 1.78. The summed E-state index contributed by atoms with van der Waals surface area (Å²) < 4.78 is 13.4. The van der Waals surface area contributed by atoms with Crippen LogP contribution in [-0.2, 0) is 0 Å². The van der Waals surface area contributed by atoms with Crippen molar-refractivity contribution in [3.8, 4) is 0 Å². The maximum Gasteiger partial charge on any atom is 0.138 e. The van der Waals surface area contributed by atoms with Crippen molar-refractivity contribution in [3.63, 3.8) is 0 Å². The molecular weight excluding hydrogens is 235 g/mol. The Labute approximate surface area is 82.4 Å². The van der Waals surface area contributed by atoms with E-state index < -0.39 is 0 Å². The summed E-state index contributed by atoms with van der Waals surface area (Å²) in [6, 6.07) is 2.87. The lowest BCUT2D eigenvalue weighted by molar-refractivity contribution is 0.621. The molecule has 0 spiro atoms.